The Morgan fingerprint density at radius 3 is 2.53 bits per heavy atom. The zero-order chi connectivity index (χ0) is 13.2. The van der Waals surface area contributed by atoms with Crippen molar-refractivity contribution in [3.05, 3.63) is 17.7 Å². The van der Waals surface area contributed by atoms with Gasteiger partial charge in [0.1, 0.15) is 0 Å². The summed E-state index contributed by atoms with van der Waals surface area (Å²) in [6.45, 7) is 5.32. The van der Waals surface area contributed by atoms with E-state index < -0.39 is 21.1 Å². The van der Waals surface area contributed by atoms with Gasteiger partial charge in [0.15, 0.2) is 9.84 Å². The molecule has 0 saturated carbocycles. The van der Waals surface area contributed by atoms with Crippen molar-refractivity contribution in [2.45, 2.75) is 38.3 Å². The summed E-state index contributed by atoms with van der Waals surface area (Å²) in [6.07, 6.45) is 1.31. The van der Waals surface area contributed by atoms with Crippen molar-refractivity contribution in [3.8, 4) is 0 Å². The summed E-state index contributed by atoms with van der Waals surface area (Å²) in [5.41, 5.74) is 0.415. The first kappa shape index (κ1) is 13.7. The summed E-state index contributed by atoms with van der Waals surface area (Å²) < 4.78 is 24.9. The highest BCUT2D eigenvalue weighted by Gasteiger charge is 2.22. The maximum absolute atomic E-state index is 11.8. The topological polar surface area (TPSA) is 89.3 Å². The molecule has 0 unspecified atom stereocenters. The lowest BCUT2D eigenvalue weighted by atomic mass is 10.5. The Morgan fingerprint density at radius 2 is 2.12 bits per heavy atom. The second-order valence-corrected chi connectivity index (χ2v) is 6.54. The normalized spacial score (nSPS) is 12.0. The number of aromatic carboxylic acids is 1. The predicted octanol–water partition coefficient (Wildman–Crippen LogP) is 0.924. The molecule has 0 aliphatic rings. The molecule has 1 rings (SSSR count). The molecule has 0 bridgehead atoms. The molecule has 1 aromatic rings. The number of aromatic nitrogens is 2. The monoisotopic (exact) mass is 260 g/mol. The zero-order valence-electron chi connectivity index (χ0n) is 10.0. The standard InChI is InChI=1S/C10H16N2O4S/c1-4-12-8(5-11-9(12)10(13)14)6-17(15,16)7(2)3/h5,7H,4,6H2,1-3H3,(H,13,14). The van der Waals surface area contributed by atoms with Gasteiger partial charge in [-0.3, -0.25) is 0 Å². The van der Waals surface area contributed by atoms with Crippen molar-refractivity contribution < 1.29 is 18.3 Å². The lowest BCUT2D eigenvalue weighted by Crippen LogP contribution is -2.19. The third-order valence-electron chi connectivity index (χ3n) is 2.51. The Balaban J connectivity index is 3.13. The molecule has 0 radical (unpaired) electrons. The number of imidazole rings is 1. The molecule has 1 N–H and O–H groups in total. The second-order valence-electron chi connectivity index (χ2n) is 3.98. The van der Waals surface area contributed by atoms with Gasteiger partial charge in [-0.15, -0.1) is 0 Å². The van der Waals surface area contributed by atoms with E-state index in [2.05, 4.69) is 4.98 Å². The van der Waals surface area contributed by atoms with E-state index in [9.17, 15) is 13.2 Å². The van der Waals surface area contributed by atoms with Crippen molar-refractivity contribution in [1.82, 2.24) is 9.55 Å². The minimum Gasteiger partial charge on any atom is -0.475 e. The highest BCUT2D eigenvalue weighted by molar-refractivity contribution is 7.91. The minimum atomic E-state index is -3.25. The Bertz CT molecular complexity index is 516. The second kappa shape index (κ2) is 4.87. The molecule has 0 aliphatic carbocycles. The van der Waals surface area contributed by atoms with Crippen molar-refractivity contribution in [2.24, 2.45) is 0 Å². The van der Waals surface area contributed by atoms with Crippen LogP contribution in [0.1, 0.15) is 37.1 Å². The van der Waals surface area contributed by atoms with Gasteiger partial charge in [0, 0.05) is 6.54 Å². The van der Waals surface area contributed by atoms with Gasteiger partial charge in [-0.2, -0.15) is 0 Å². The molecule has 0 amide bonds. The molecular formula is C10H16N2O4S. The molecule has 1 aromatic heterocycles. The van der Waals surface area contributed by atoms with Crippen LogP contribution < -0.4 is 0 Å². The summed E-state index contributed by atoms with van der Waals surface area (Å²) in [5, 5.41) is 8.39. The van der Waals surface area contributed by atoms with E-state index in [0.717, 1.165) is 0 Å². The van der Waals surface area contributed by atoms with Crippen molar-refractivity contribution >= 4 is 15.8 Å². The number of rotatable bonds is 5. The molecule has 0 aromatic carbocycles. The van der Waals surface area contributed by atoms with Gasteiger partial charge in [-0.25, -0.2) is 18.2 Å². The summed E-state index contributed by atoms with van der Waals surface area (Å²) in [5.74, 6) is -1.46. The minimum absolute atomic E-state index is 0.124. The van der Waals surface area contributed by atoms with Crippen LogP contribution in [0.2, 0.25) is 0 Å². The number of nitrogens with zero attached hydrogens (tertiary/aromatic N) is 2. The molecule has 1 heterocycles. The molecular weight excluding hydrogens is 244 g/mol. The van der Waals surface area contributed by atoms with Crippen LogP contribution in [0.5, 0.6) is 0 Å². The molecule has 96 valence electrons. The van der Waals surface area contributed by atoms with Crippen LogP contribution in [0.4, 0.5) is 0 Å². The van der Waals surface area contributed by atoms with Gasteiger partial charge in [0.05, 0.1) is 22.9 Å². The Morgan fingerprint density at radius 1 is 1.53 bits per heavy atom. The lowest BCUT2D eigenvalue weighted by Gasteiger charge is -2.10. The van der Waals surface area contributed by atoms with Crippen molar-refractivity contribution in [2.75, 3.05) is 0 Å². The molecule has 17 heavy (non-hydrogen) atoms. The molecule has 0 atom stereocenters. The van der Waals surface area contributed by atoms with Gasteiger partial charge in [-0.1, -0.05) is 0 Å². The Hall–Kier alpha value is -1.37. The number of hydrogen-bond donors (Lipinski definition) is 1. The van der Waals surface area contributed by atoms with Crippen molar-refractivity contribution in [3.63, 3.8) is 0 Å². The SMILES string of the molecule is CCn1c(CS(=O)(=O)C(C)C)cnc1C(=O)O. The quantitative estimate of drug-likeness (QED) is 0.850. The van der Waals surface area contributed by atoms with Gasteiger partial charge in [0.2, 0.25) is 5.82 Å². The van der Waals surface area contributed by atoms with Crippen LogP contribution in [0.15, 0.2) is 6.20 Å². The van der Waals surface area contributed by atoms with Crippen LogP contribution in [-0.2, 0) is 22.1 Å². The van der Waals surface area contributed by atoms with E-state index in [4.69, 9.17) is 5.11 Å². The van der Waals surface area contributed by atoms with E-state index in [0.29, 0.717) is 12.2 Å². The zero-order valence-corrected chi connectivity index (χ0v) is 10.9. The fraction of sp³-hybridized carbons (Fsp3) is 0.600. The van der Waals surface area contributed by atoms with Crippen LogP contribution in [0.3, 0.4) is 0 Å². The average Bonchev–Trinajstić information content (AvgIpc) is 2.59. The third-order valence-corrected chi connectivity index (χ3v) is 4.65. The van der Waals surface area contributed by atoms with Crippen LogP contribution in [0.25, 0.3) is 0 Å². The fourth-order valence-corrected chi connectivity index (χ4v) is 2.40. The molecule has 0 aliphatic heterocycles. The van der Waals surface area contributed by atoms with Gasteiger partial charge >= 0.3 is 5.97 Å². The van der Waals surface area contributed by atoms with Gasteiger partial charge < -0.3 is 9.67 Å². The van der Waals surface area contributed by atoms with Gasteiger partial charge in [-0.05, 0) is 20.8 Å². The maximum Gasteiger partial charge on any atom is 0.372 e. The molecule has 0 fully saturated rings. The first-order valence-electron chi connectivity index (χ1n) is 5.28. The van der Waals surface area contributed by atoms with Gasteiger partial charge in [0.25, 0.3) is 0 Å². The fourth-order valence-electron chi connectivity index (χ4n) is 1.42. The van der Waals surface area contributed by atoms with Crippen LogP contribution >= 0.6 is 0 Å². The molecule has 7 heteroatoms. The summed E-state index contributed by atoms with van der Waals surface area (Å²) in [4.78, 5) is 14.6. The largest absolute Gasteiger partial charge is 0.475 e. The summed E-state index contributed by atoms with van der Waals surface area (Å²) in [7, 11) is -3.25. The average molecular weight is 260 g/mol. The van der Waals surface area contributed by atoms with E-state index in [-0.39, 0.29) is 11.6 Å². The molecule has 0 spiro atoms. The Labute approximate surface area is 100 Å². The predicted molar refractivity (Wildman–Crippen MR) is 62.6 cm³/mol. The third kappa shape index (κ3) is 2.85. The Kier molecular flexibility index (Phi) is 3.92. The number of hydrogen-bond acceptors (Lipinski definition) is 4. The molecule has 6 nitrogen and oxygen atoms in total. The number of sulfone groups is 1. The van der Waals surface area contributed by atoms with E-state index >= 15 is 0 Å². The molecule has 0 saturated heterocycles. The smallest absolute Gasteiger partial charge is 0.372 e. The van der Waals surface area contributed by atoms with E-state index in [1.807, 2.05) is 0 Å². The van der Waals surface area contributed by atoms with E-state index in [1.54, 1.807) is 20.8 Å². The number of carboxylic acid groups (broad SMARTS) is 1. The highest BCUT2D eigenvalue weighted by atomic mass is 32.2. The highest BCUT2D eigenvalue weighted by Crippen LogP contribution is 2.13. The van der Waals surface area contributed by atoms with E-state index in [1.165, 1.54) is 10.8 Å². The van der Waals surface area contributed by atoms with Crippen LogP contribution in [-0.4, -0.2) is 34.3 Å². The van der Waals surface area contributed by atoms with Crippen molar-refractivity contribution in [1.29, 1.82) is 0 Å². The first-order valence-corrected chi connectivity index (χ1v) is 7.00. The number of carboxylic acids is 1. The lowest BCUT2D eigenvalue weighted by molar-refractivity contribution is 0.0678. The number of carbonyl (C=O) groups is 1. The summed E-state index contributed by atoms with van der Waals surface area (Å²) in [6, 6.07) is 0. The first-order chi connectivity index (χ1) is 7.79. The maximum atomic E-state index is 11.8. The van der Waals surface area contributed by atoms with Crippen LogP contribution in [0, 0.1) is 0 Å². The summed E-state index contributed by atoms with van der Waals surface area (Å²) >= 11 is 0.